The lowest BCUT2D eigenvalue weighted by Gasteiger charge is -2.44. The van der Waals surface area contributed by atoms with Crippen LogP contribution < -0.4 is 14.8 Å². The van der Waals surface area contributed by atoms with Gasteiger partial charge in [0.05, 0.1) is 19.8 Å². The summed E-state index contributed by atoms with van der Waals surface area (Å²) in [6.45, 7) is 12.5. The second-order valence-corrected chi connectivity index (χ2v) is 10.2. The number of fused-ring (bicyclic) bond motifs is 3. The summed E-state index contributed by atoms with van der Waals surface area (Å²) in [6, 6.07) is 15.8. The first-order chi connectivity index (χ1) is 17.8. The molecule has 0 saturated heterocycles. The summed E-state index contributed by atoms with van der Waals surface area (Å²) in [5, 5.41) is 4.11. The number of amides is 2. The van der Waals surface area contributed by atoms with Gasteiger partial charge in [-0.15, -0.1) is 0 Å². The van der Waals surface area contributed by atoms with Gasteiger partial charge in [-0.1, -0.05) is 38.1 Å². The quantitative estimate of drug-likeness (QED) is 0.395. The van der Waals surface area contributed by atoms with E-state index in [0.717, 1.165) is 22.9 Å². The van der Waals surface area contributed by atoms with Gasteiger partial charge in [-0.05, 0) is 69.4 Å². The van der Waals surface area contributed by atoms with Gasteiger partial charge in [-0.3, -0.25) is 9.59 Å². The summed E-state index contributed by atoms with van der Waals surface area (Å²) in [5.74, 6) is 1.64. The Balaban J connectivity index is 1.64. The molecule has 198 valence electrons. The molecule has 1 N–H and O–H groups in total. The molecule has 4 rings (SSSR count). The fourth-order valence-electron chi connectivity index (χ4n) is 5.01. The minimum absolute atomic E-state index is 0.119. The lowest BCUT2D eigenvalue weighted by molar-refractivity contribution is -0.132. The zero-order valence-corrected chi connectivity index (χ0v) is 22.7. The largest absolute Gasteiger partial charge is 0.490 e. The van der Waals surface area contributed by atoms with Gasteiger partial charge in [0.25, 0.3) is 5.91 Å². The third kappa shape index (κ3) is 5.45. The average Bonchev–Trinajstić information content (AvgIpc) is 3.24. The maximum atomic E-state index is 13.9. The van der Waals surface area contributed by atoms with E-state index in [-0.39, 0.29) is 11.8 Å². The summed E-state index contributed by atoms with van der Waals surface area (Å²) in [6.07, 6.45) is 1.48. The molecule has 1 atom stereocenters. The molecule has 1 aliphatic rings. The van der Waals surface area contributed by atoms with Gasteiger partial charge in [0, 0.05) is 24.0 Å². The van der Waals surface area contributed by atoms with Crippen LogP contribution in [0.2, 0.25) is 0 Å². The lowest BCUT2D eigenvalue weighted by Crippen LogP contribution is -2.64. The van der Waals surface area contributed by atoms with E-state index in [9.17, 15) is 9.59 Å². The van der Waals surface area contributed by atoms with Crippen LogP contribution in [-0.4, -0.2) is 53.1 Å². The number of carbonyl (C=O) groups is 2. The van der Waals surface area contributed by atoms with E-state index in [1.165, 1.54) is 0 Å². The van der Waals surface area contributed by atoms with E-state index in [1.54, 1.807) is 4.90 Å². The van der Waals surface area contributed by atoms with Crippen molar-refractivity contribution in [1.82, 2.24) is 14.8 Å². The second kappa shape index (κ2) is 11.3. The molecule has 7 nitrogen and oxygen atoms in total. The van der Waals surface area contributed by atoms with Crippen molar-refractivity contribution in [1.29, 1.82) is 0 Å². The monoisotopic (exact) mass is 505 g/mol. The van der Waals surface area contributed by atoms with E-state index < -0.39 is 5.54 Å². The zero-order valence-electron chi connectivity index (χ0n) is 22.7. The number of aromatic nitrogens is 1. The third-order valence-electron chi connectivity index (χ3n) is 7.06. The first kappa shape index (κ1) is 26.6. The highest BCUT2D eigenvalue weighted by Crippen LogP contribution is 2.33. The van der Waals surface area contributed by atoms with Gasteiger partial charge in [0.2, 0.25) is 5.91 Å². The van der Waals surface area contributed by atoms with Crippen LogP contribution in [-0.2, 0) is 17.8 Å². The SMILES string of the molecule is CCOc1ccc(CCN2C(=O)c3cc4ccccc4n3C[C@]2(C)C(=O)NCCC(C)C)cc1OCC. The van der Waals surface area contributed by atoms with Gasteiger partial charge < -0.3 is 24.3 Å². The Morgan fingerprint density at radius 2 is 1.78 bits per heavy atom. The van der Waals surface area contributed by atoms with Gasteiger partial charge in [-0.25, -0.2) is 0 Å². The zero-order chi connectivity index (χ0) is 26.6. The Kier molecular flexibility index (Phi) is 8.10. The second-order valence-electron chi connectivity index (χ2n) is 10.2. The van der Waals surface area contributed by atoms with Crippen molar-refractivity contribution < 1.29 is 19.1 Å². The van der Waals surface area contributed by atoms with Crippen molar-refractivity contribution in [2.75, 3.05) is 26.3 Å². The van der Waals surface area contributed by atoms with Crippen LogP contribution in [0.4, 0.5) is 0 Å². The molecule has 0 aliphatic carbocycles. The number of benzene rings is 2. The molecule has 1 aromatic heterocycles. The Morgan fingerprint density at radius 1 is 1.05 bits per heavy atom. The van der Waals surface area contributed by atoms with Gasteiger partial charge >= 0.3 is 0 Å². The maximum absolute atomic E-state index is 13.9. The molecule has 2 heterocycles. The lowest BCUT2D eigenvalue weighted by atomic mass is 9.93. The van der Waals surface area contributed by atoms with E-state index in [1.807, 2.05) is 73.9 Å². The molecular formula is C30H39N3O4. The van der Waals surface area contributed by atoms with Crippen molar-refractivity contribution in [2.24, 2.45) is 5.92 Å². The molecule has 0 unspecified atom stereocenters. The first-order valence-corrected chi connectivity index (χ1v) is 13.4. The molecule has 0 bridgehead atoms. The number of hydrogen-bond donors (Lipinski definition) is 1. The van der Waals surface area contributed by atoms with Crippen LogP contribution in [0.25, 0.3) is 10.9 Å². The molecule has 0 saturated carbocycles. The normalized spacial score (nSPS) is 17.2. The van der Waals surface area contributed by atoms with Crippen LogP contribution >= 0.6 is 0 Å². The Labute approximate surface area is 219 Å². The van der Waals surface area contributed by atoms with Crippen LogP contribution in [0.3, 0.4) is 0 Å². The number of para-hydroxylation sites is 1. The van der Waals surface area contributed by atoms with E-state index >= 15 is 0 Å². The molecule has 1 aliphatic heterocycles. The summed E-state index contributed by atoms with van der Waals surface area (Å²) in [4.78, 5) is 29.3. The number of rotatable bonds is 11. The number of nitrogens with one attached hydrogen (secondary N) is 1. The van der Waals surface area contributed by atoms with Crippen LogP contribution in [0.5, 0.6) is 11.5 Å². The number of carbonyl (C=O) groups excluding carboxylic acids is 2. The van der Waals surface area contributed by atoms with Crippen molar-refractivity contribution >= 4 is 22.7 Å². The summed E-state index contributed by atoms with van der Waals surface area (Å²) in [5.41, 5.74) is 1.60. The number of hydrogen-bond acceptors (Lipinski definition) is 4. The Morgan fingerprint density at radius 3 is 2.51 bits per heavy atom. The first-order valence-electron chi connectivity index (χ1n) is 13.4. The highest BCUT2D eigenvalue weighted by molar-refractivity contribution is 6.03. The van der Waals surface area contributed by atoms with Crippen molar-refractivity contribution in [3.05, 3.63) is 59.8 Å². The van der Waals surface area contributed by atoms with Crippen LogP contribution in [0.1, 0.15) is 57.1 Å². The smallest absolute Gasteiger partial charge is 0.271 e. The van der Waals surface area contributed by atoms with Gasteiger partial charge in [0.15, 0.2) is 11.5 Å². The predicted molar refractivity (Wildman–Crippen MR) is 146 cm³/mol. The summed E-state index contributed by atoms with van der Waals surface area (Å²) >= 11 is 0. The molecule has 0 fully saturated rings. The van der Waals surface area contributed by atoms with Crippen molar-refractivity contribution in [3.63, 3.8) is 0 Å². The minimum Gasteiger partial charge on any atom is -0.490 e. The number of nitrogens with zero attached hydrogens (tertiary/aromatic N) is 2. The van der Waals surface area contributed by atoms with E-state index in [0.29, 0.717) is 62.4 Å². The molecule has 2 aromatic carbocycles. The van der Waals surface area contributed by atoms with E-state index in [2.05, 4.69) is 19.2 Å². The fourth-order valence-corrected chi connectivity index (χ4v) is 5.01. The predicted octanol–water partition coefficient (Wildman–Crippen LogP) is 5.06. The van der Waals surface area contributed by atoms with Gasteiger partial charge in [0.1, 0.15) is 11.2 Å². The Bertz CT molecular complexity index is 1260. The highest BCUT2D eigenvalue weighted by Gasteiger charge is 2.47. The average molecular weight is 506 g/mol. The molecule has 37 heavy (non-hydrogen) atoms. The summed E-state index contributed by atoms with van der Waals surface area (Å²) < 4.78 is 13.5. The van der Waals surface area contributed by atoms with Gasteiger partial charge in [-0.2, -0.15) is 0 Å². The molecule has 2 amide bonds. The molecule has 0 radical (unpaired) electrons. The number of ether oxygens (including phenoxy) is 2. The van der Waals surface area contributed by atoms with E-state index in [4.69, 9.17) is 9.47 Å². The minimum atomic E-state index is -1.02. The van der Waals surface area contributed by atoms with Crippen LogP contribution in [0, 0.1) is 5.92 Å². The van der Waals surface area contributed by atoms with Crippen molar-refractivity contribution in [3.8, 4) is 11.5 Å². The Hall–Kier alpha value is -3.48. The maximum Gasteiger partial charge on any atom is 0.271 e. The standard InChI is InChI=1S/C30H39N3O4/c1-6-36-26-13-12-22(18-27(26)37-7-2)15-17-33-28(34)25-19-23-10-8-9-11-24(23)32(25)20-30(33,5)29(35)31-16-14-21(3)4/h8-13,18-19,21H,6-7,14-17,20H2,1-5H3,(H,31,35)/t30-/m1/s1. The fraction of sp³-hybridized carbons (Fsp3) is 0.467. The molecule has 7 heteroatoms. The third-order valence-corrected chi connectivity index (χ3v) is 7.06. The van der Waals surface area contributed by atoms with Crippen molar-refractivity contribution in [2.45, 2.75) is 59.5 Å². The topological polar surface area (TPSA) is 72.8 Å². The highest BCUT2D eigenvalue weighted by atomic mass is 16.5. The van der Waals surface area contributed by atoms with Crippen LogP contribution in [0.15, 0.2) is 48.5 Å². The molecular weight excluding hydrogens is 466 g/mol. The summed E-state index contributed by atoms with van der Waals surface area (Å²) in [7, 11) is 0. The molecule has 3 aromatic rings. The molecule has 0 spiro atoms.